The van der Waals surface area contributed by atoms with E-state index < -0.39 is 0 Å². The Morgan fingerprint density at radius 3 is 2.73 bits per heavy atom. The molecule has 4 N–H and O–H groups in total. The molecule has 88 valence electrons. The van der Waals surface area contributed by atoms with Crippen LogP contribution in [0.2, 0.25) is 0 Å². The molecule has 0 amide bonds. The Morgan fingerprint density at radius 1 is 1.40 bits per heavy atom. The highest BCUT2D eigenvalue weighted by molar-refractivity contribution is 5.79. The second kappa shape index (κ2) is 6.67. The first-order valence-corrected chi connectivity index (χ1v) is 6.05. The smallest absolute Gasteiger partial charge is 0.205 e. The largest absolute Gasteiger partial charge is 0.352 e. The first-order chi connectivity index (χ1) is 7.27. The minimum Gasteiger partial charge on any atom is -0.352 e. The van der Waals surface area contributed by atoms with Gasteiger partial charge in [0.2, 0.25) is 5.96 Å². The number of nitrogens with two attached hydrogens (primary N) is 1. The van der Waals surface area contributed by atoms with Gasteiger partial charge in [0.15, 0.2) is 0 Å². The van der Waals surface area contributed by atoms with Gasteiger partial charge in [-0.3, -0.25) is 10.4 Å². The van der Waals surface area contributed by atoms with E-state index in [1.54, 1.807) is 0 Å². The average molecular weight is 212 g/mol. The molecule has 0 heterocycles. The van der Waals surface area contributed by atoms with Crippen molar-refractivity contribution in [1.82, 2.24) is 10.7 Å². The minimum absolute atomic E-state index is 0.533. The van der Waals surface area contributed by atoms with E-state index in [1.807, 2.05) is 0 Å². The summed E-state index contributed by atoms with van der Waals surface area (Å²) in [5.74, 6) is 6.90. The fourth-order valence-corrected chi connectivity index (χ4v) is 2.06. The molecule has 0 spiro atoms. The highest BCUT2D eigenvalue weighted by Crippen LogP contribution is 2.23. The van der Waals surface area contributed by atoms with Crippen molar-refractivity contribution in [2.45, 2.75) is 52.0 Å². The van der Waals surface area contributed by atoms with E-state index in [0.29, 0.717) is 6.04 Å². The minimum atomic E-state index is 0.533. The van der Waals surface area contributed by atoms with Crippen molar-refractivity contribution in [3.8, 4) is 0 Å². The molecular formula is C11H24N4. The van der Waals surface area contributed by atoms with Crippen molar-refractivity contribution < 1.29 is 0 Å². The van der Waals surface area contributed by atoms with Gasteiger partial charge in [-0.15, -0.1) is 0 Å². The zero-order valence-corrected chi connectivity index (χ0v) is 9.92. The van der Waals surface area contributed by atoms with Crippen molar-refractivity contribution in [2.24, 2.45) is 16.8 Å². The van der Waals surface area contributed by atoms with Crippen molar-refractivity contribution >= 4 is 5.96 Å². The van der Waals surface area contributed by atoms with Gasteiger partial charge >= 0.3 is 0 Å². The predicted octanol–water partition coefficient (Wildman–Crippen LogP) is 1.38. The zero-order valence-electron chi connectivity index (χ0n) is 9.92. The van der Waals surface area contributed by atoms with Crippen LogP contribution in [0.5, 0.6) is 0 Å². The van der Waals surface area contributed by atoms with Crippen LogP contribution in [0.25, 0.3) is 0 Å². The summed E-state index contributed by atoms with van der Waals surface area (Å²) in [4.78, 5) is 4.36. The molecule has 1 rings (SSSR count). The van der Waals surface area contributed by atoms with E-state index in [9.17, 15) is 0 Å². The van der Waals surface area contributed by atoms with Gasteiger partial charge in [0, 0.05) is 12.6 Å². The molecule has 0 aromatic carbocycles. The second-order valence-corrected chi connectivity index (χ2v) is 4.39. The number of aliphatic imine (C=N–C) groups is 1. The lowest BCUT2D eigenvalue weighted by atomic mass is 9.86. The van der Waals surface area contributed by atoms with Gasteiger partial charge in [0.1, 0.15) is 0 Å². The van der Waals surface area contributed by atoms with Crippen LogP contribution in [0.4, 0.5) is 0 Å². The van der Waals surface area contributed by atoms with E-state index in [4.69, 9.17) is 5.84 Å². The van der Waals surface area contributed by atoms with Crippen molar-refractivity contribution in [3.63, 3.8) is 0 Å². The summed E-state index contributed by atoms with van der Waals surface area (Å²) < 4.78 is 0. The van der Waals surface area contributed by atoms with Crippen LogP contribution in [-0.4, -0.2) is 18.5 Å². The van der Waals surface area contributed by atoms with E-state index >= 15 is 0 Å². The Hall–Kier alpha value is -0.770. The van der Waals surface area contributed by atoms with Crippen LogP contribution in [0.1, 0.15) is 46.0 Å². The van der Waals surface area contributed by atoms with Crippen molar-refractivity contribution in [1.29, 1.82) is 0 Å². The maximum atomic E-state index is 5.43. The number of guanidine groups is 1. The molecule has 0 aromatic heterocycles. The molecule has 0 bridgehead atoms. The third kappa shape index (κ3) is 4.08. The van der Waals surface area contributed by atoms with E-state index in [-0.39, 0.29) is 0 Å². The monoisotopic (exact) mass is 212 g/mol. The van der Waals surface area contributed by atoms with Gasteiger partial charge in [-0.05, 0) is 25.2 Å². The number of nitrogens with zero attached hydrogens (tertiary/aromatic N) is 1. The third-order valence-electron chi connectivity index (χ3n) is 3.06. The SMILES string of the molecule is CCCN=C(NN)NC1CCCCC1C. The summed E-state index contributed by atoms with van der Waals surface area (Å²) in [5, 5.41) is 3.40. The van der Waals surface area contributed by atoms with Crippen LogP contribution in [0, 0.1) is 5.92 Å². The molecular weight excluding hydrogens is 188 g/mol. The molecule has 15 heavy (non-hydrogen) atoms. The predicted molar refractivity (Wildman–Crippen MR) is 64.5 cm³/mol. The summed E-state index contributed by atoms with van der Waals surface area (Å²) in [6.45, 7) is 5.24. The van der Waals surface area contributed by atoms with Gasteiger partial charge in [-0.1, -0.05) is 26.7 Å². The van der Waals surface area contributed by atoms with Crippen LogP contribution in [0.3, 0.4) is 0 Å². The van der Waals surface area contributed by atoms with Crippen molar-refractivity contribution in [3.05, 3.63) is 0 Å². The lowest BCUT2D eigenvalue weighted by molar-refractivity contribution is 0.306. The van der Waals surface area contributed by atoms with Crippen molar-refractivity contribution in [2.75, 3.05) is 6.54 Å². The maximum absolute atomic E-state index is 5.43. The third-order valence-corrected chi connectivity index (χ3v) is 3.06. The van der Waals surface area contributed by atoms with Crippen LogP contribution < -0.4 is 16.6 Å². The lowest BCUT2D eigenvalue weighted by Crippen LogP contribution is -2.49. The Morgan fingerprint density at radius 2 is 2.13 bits per heavy atom. The van der Waals surface area contributed by atoms with Gasteiger partial charge < -0.3 is 5.32 Å². The number of hydrogen-bond donors (Lipinski definition) is 3. The zero-order chi connectivity index (χ0) is 11.1. The fraction of sp³-hybridized carbons (Fsp3) is 0.909. The molecule has 2 unspecified atom stereocenters. The summed E-state index contributed by atoms with van der Waals surface area (Å²) in [6.07, 6.45) is 6.26. The number of rotatable bonds is 3. The van der Waals surface area contributed by atoms with Gasteiger partial charge in [-0.2, -0.15) is 0 Å². The Kier molecular flexibility index (Phi) is 5.47. The second-order valence-electron chi connectivity index (χ2n) is 4.39. The van der Waals surface area contributed by atoms with Gasteiger partial charge in [0.25, 0.3) is 0 Å². The molecule has 1 aliphatic rings. The molecule has 0 aliphatic heterocycles. The summed E-state index contributed by atoms with van der Waals surface area (Å²) >= 11 is 0. The fourth-order valence-electron chi connectivity index (χ4n) is 2.06. The number of hydrazine groups is 1. The molecule has 4 nitrogen and oxygen atoms in total. The maximum Gasteiger partial charge on any atom is 0.205 e. The summed E-state index contributed by atoms with van der Waals surface area (Å²) in [6, 6.07) is 0.533. The van der Waals surface area contributed by atoms with Crippen LogP contribution in [0.15, 0.2) is 4.99 Å². The van der Waals surface area contributed by atoms with Gasteiger partial charge in [-0.25, -0.2) is 5.84 Å². The standard InChI is InChI=1S/C11H24N4/c1-3-8-13-11(15-12)14-10-7-5-4-6-9(10)2/h9-10H,3-8,12H2,1-2H3,(H2,13,14,15). The Bertz CT molecular complexity index is 203. The van der Waals surface area contributed by atoms with Crippen LogP contribution in [-0.2, 0) is 0 Å². The quantitative estimate of drug-likeness (QED) is 0.287. The highest BCUT2D eigenvalue weighted by atomic mass is 15.3. The number of hydrogen-bond acceptors (Lipinski definition) is 2. The Balaban J connectivity index is 2.42. The first kappa shape index (κ1) is 12.3. The summed E-state index contributed by atoms with van der Waals surface area (Å²) in [7, 11) is 0. The Labute approximate surface area is 92.7 Å². The molecule has 0 aromatic rings. The van der Waals surface area contributed by atoms with E-state index in [0.717, 1.165) is 24.8 Å². The molecule has 2 atom stereocenters. The van der Waals surface area contributed by atoms with Gasteiger partial charge in [0.05, 0.1) is 0 Å². The molecule has 0 saturated heterocycles. The highest BCUT2D eigenvalue weighted by Gasteiger charge is 2.21. The van der Waals surface area contributed by atoms with E-state index in [1.165, 1.54) is 25.7 Å². The topological polar surface area (TPSA) is 62.4 Å². The van der Waals surface area contributed by atoms with Crippen LogP contribution >= 0.6 is 0 Å². The number of nitrogens with one attached hydrogen (secondary N) is 2. The normalized spacial score (nSPS) is 27.5. The molecule has 1 aliphatic carbocycles. The molecule has 1 fully saturated rings. The lowest BCUT2D eigenvalue weighted by Gasteiger charge is -2.30. The van der Waals surface area contributed by atoms with E-state index in [2.05, 4.69) is 29.6 Å². The molecule has 0 radical (unpaired) electrons. The first-order valence-electron chi connectivity index (χ1n) is 6.05. The molecule has 4 heteroatoms. The molecule has 1 saturated carbocycles. The summed E-state index contributed by atoms with van der Waals surface area (Å²) in [5.41, 5.74) is 2.64. The average Bonchev–Trinajstić information content (AvgIpc) is 2.26.